The normalized spacial score (nSPS) is 19.8. The predicted molar refractivity (Wildman–Crippen MR) is 89.8 cm³/mol. The van der Waals surface area contributed by atoms with E-state index in [1.54, 1.807) is 0 Å². The van der Waals surface area contributed by atoms with Gasteiger partial charge in [-0.05, 0) is 25.2 Å². The van der Waals surface area contributed by atoms with Gasteiger partial charge in [0.05, 0.1) is 0 Å². The first kappa shape index (κ1) is 18.5. The number of aliphatic imine (C=N–C) groups is 1. The molecule has 1 unspecified atom stereocenters. The smallest absolute Gasteiger partial charge is 0.217 e. The van der Waals surface area contributed by atoms with Crippen LogP contribution in [0.25, 0.3) is 0 Å². The van der Waals surface area contributed by atoms with Crippen molar-refractivity contribution in [3.05, 3.63) is 0 Å². The van der Waals surface area contributed by atoms with Crippen molar-refractivity contribution >= 4 is 35.8 Å². The van der Waals surface area contributed by atoms with Crippen molar-refractivity contribution in [2.45, 2.75) is 39.0 Å². The number of nitrogens with one attached hydrogen (secondary N) is 1. The number of guanidine groups is 1. The van der Waals surface area contributed by atoms with Crippen LogP contribution in [0.4, 0.5) is 0 Å². The van der Waals surface area contributed by atoms with Crippen molar-refractivity contribution in [1.29, 1.82) is 0 Å². The van der Waals surface area contributed by atoms with Crippen LogP contribution in [-0.4, -0.2) is 43.4 Å². The Morgan fingerprint density at radius 1 is 1.53 bits per heavy atom. The number of hydrogen-bond donors (Lipinski definition) is 2. The molecule has 0 bridgehead atoms. The summed E-state index contributed by atoms with van der Waals surface area (Å²) in [6.07, 6.45) is 5.01. The minimum absolute atomic E-state index is 0. The zero-order valence-corrected chi connectivity index (χ0v) is 14.4. The van der Waals surface area contributed by atoms with E-state index < -0.39 is 0 Å². The molecule has 1 aliphatic heterocycles. The molecule has 1 atom stereocenters. The molecular weight excluding hydrogens is 355 g/mol. The number of rotatable bonds is 5. The molecule has 0 aromatic rings. The van der Waals surface area contributed by atoms with Crippen molar-refractivity contribution in [2.24, 2.45) is 16.6 Å². The average molecular weight is 382 g/mol. The Morgan fingerprint density at radius 2 is 2.26 bits per heavy atom. The molecule has 0 spiro atoms. The van der Waals surface area contributed by atoms with Gasteiger partial charge >= 0.3 is 0 Å². The molecule has 1 aliphatic rings. The molecule has 1 fully saturated rings. The Kier molecular flexibility index (Phi) is 9.99. The number of halogens is 1. The van der Waals surface area contributed by atoms with E-state index in [4.69, 9.17) is 5.73 Å². The Labute approximate surface area is 133 Å². The largest absolute Gasteiger partial charge is 0.370 e. The monoisotopic (exact) mass is 382 g/mol. The number of piperidine rings is 1. The minimum Gasteiger partial charge on any atom is -0.370 e. The second kappa shape index (κ2) is 10.3. The summed E-state index contributed by atoms with van der Waals surface area (Å²) in [6.45, 7) is 5.03. The molecule has 5 nitrogen and oxygen atoms in total. The maximum absolute atomic E-state index is 11.0. The Morgan fingerprint density at radius 3 is 2.84 bits per heavy atom. The molecule has 19 heavy (non-hydrogen) atoms. The number of hydrogen-bond acceptors (Lipinski definition) is 2. The maximum Gasteiger partial charge on any atom is 0.217 e. The summed E-state index contributed by atoms with van der Waals surface area (Å²) in [4.78, 5) is 17.5. The third kappa shape index (κ3) is 6.98. The molecule has 0 radical (unpaired) electrons. The molecule has 0 aromatic carbocycles. The molecule has 112 valence electrons. The molecular formula is C13H27IN4O. The van der Waals surface area contributed by atoms with Crippen molar-refractivity contribution in [3.8, 4) is 0 Å². The summed E-state index contributed by atoms with van der Waals surface area (Å²) in [5, 5.41) is 3.37. The van der Waals surface area contributed by atoms with Crippen LogP contribution in [0, 0.1) is 5.92 Å². The number of likely N-dealkylation sites (tertiary alicyclic amines) is 1. The number of nitrogens with zero attached hydrogens (tertiary/aromatic N) is 2. The minimum atomic E-state index is -0.198. The fraction of sp³-hybridized carbons (Fsp3) is 0.846. The van der Waals surface area contributed by atoms with Crippen molar-refractivity contribution in [3.63, 3.8) is 0 Å². The van der Waals surface area contributed by atoms with Crippen molar-refractivity contribution in [2.75, 3.05) is 26.7 Å². The second-order valence-corrected chi connectivity index (χ2v) is 4.95. The van der Waals surface area contributed by atoms with Crippen LogP contribution in [0.1, 0.15) is 39.0 Å². The zero-order valence-electron chi connectivity index (χ0n) is 12.0. The standard InChI is InChI=1S/C13H26N4O.HI/c1-3-4-7-16-13(15-2)17-8-5-6-11(10-17)9-12(14)18;/h11H,3-10H2,1-2H3,(H2,14,18)(H,15,16);1H. The predicted octanol–water partition coefficient (Wildman–Crippen LogP) is 1.57. The summed E-state index contributed by atoms with van der Waals surface area (Å²) in [7, 11) is 1.81. The summed E-state index contributed by atoms with van der Waals surface area (Å²) >= 11 is 0. The van der Waals surface area contributed by atoms with E-state index in [2.05, 4.69) is 22.1 Å². The third-order valence-electron chi connectivity index (χ3n) is 3.33. The van der Waals surface area contributed by atoms with Crippen LogP contribution in [-0.2, 0) is 4.79 Å². The fourth-order valence-corrected chi connectivity index (χ4v) is 2.42. The van der Waals surface area contributed by atoms with Gasteiger partial charge in [-0.25, -0.2) is 0 Å². The third-order valence-corrected chi connectivity index (χ3v) is 3.33. The molecule has 3 N–H and O–H groups in total. The van der Waals surface area contributed by atoms with E-state index in [9.17, 15) is 4.79 Å². The van der Waals surface area contributed by atoms with E-state index in [1.807, 2.05) is 7.05 Å². The topological polar surface area (TPSA) is 70.7 Å². The summed E-state index contributed by atoms with van der Waals surface area (Å²) in [5.74, 6) is 1.13. The number of unbranched alkanes of at least 4 members (excludes halogenated alkanes) is 1. The molecule has 1 heterocycles. The molecule has 1 saturated heterocycles. The van der Waals surface area contributed by atoms with Crippen molar-refractivity contribution < 1.29 is 4.79 Å². The van der Waals surface area contributed by atoms with Gasteiger partial charge in [-0.15, -0.1) is 24.0 Å². The second-order valence-electron chi connectivity index (χ2n) is 4.95. The van der Waals surface area contributed by atoms with Crippen LogP contribution < -0.4 is 11.1 Å². The van der Waals surface area contributed by atoms with Crippen LogP contribution in [0.2, 0.25) is 0 Å². The van der Waals surface area contributed by atoms with Gasteiger partial charge in [0, 0.05) is 33.1 Å². The number of carbonyl (C=O) groups excluding carboxylic acids is 1. The van der Waals surface area contributed by atoms with Crippen LogP contribution in [0.5, 0.6) is 0 Å². The Bertz CT molecular complexity index is 296. The van der Waals surface area contributed by atoms with E-state index >= 15 is 0 Å². The zero-order chi connectivity index (χ0) is 13.4. The van der Waals surface area contributed by atoms with E-state index in [0.29, 0.717) is 12.3 Å². The van der Waals surface area contributed by atoms with Crippen LogP contribution in [0.15, 0.2) is 4.99 Å². The van der Waals surface area contributed by atoms with Gasteiger partial charge in [0.25, 0.3) is 0 Å². The highest BCUT2D eigenvalue weighted by Crippen LogP contribution is 2.19. The van der Waals surface area contributed by atoms with Gasteiger partial charge in [0.2, 0.25) is 5.91 Å². The van der Waals surface area contributed by atoms with Gasteiger partial charge in [0.15, 0.2) is 5.96 Å². The number of primary amides is 1. The first-order valence-electron chi connectivity index (χ1n) is 6.91. The lowest BCUT2D eigenvalue weighted by molar-refractivity contribution is -0.119. The highest BCUT2D eigenvalue weighted by Gasteiger charge is 2.23. The van der Waals surface area contributed by atoms with Gasteiger partial charge in [-0.1, -0.05) is 13.3 Å². The van der Waals surface area contributed by atoms with E-state index in [0.717, 1.165) is 44.9 Å². The van der Waals surface area contributed by atoms with Gasteiger partial charge in [0.1, 0.15) is 0 Å². The number of nitrogens with two attached hydrogens (primary N) is 1. The Hall–Kier alpha value is -0.530. The highest BCUT2D eigenvalue weighted by molar-refractivity contribution is 14.0. The molecule has 1 rings (SSSR count). The molecule has 6 heteroatoms. The molecule has 0 aromatic heterocycles. The van der Waals surface area contributed by atoms with Crippen LogP contribution in [0.3, 0.4) is 0 Å². The lowest BCUT2D eigenvalue weighted by atomic mass is 9.95. The van der Waals surface area contributed by atoms with Crippen molar-refractivity contribution in [1.82, 2.24) is 10.2 Å². The summed E-state index contributed by atoms with van der Waals surface area (Å²) < 4.78 is 0. The van der Waals surface area contributed by atoms with Crippen LogP contribution >= 0.6 is 24.0 Å². The number of amides is 1. The van der Waals surface area contributed by atoms with E-state index in [-0.39, 0.29) is 29.9 Å². The van der Waals surface area contributed by atoms with E-state index in [1.165, 1.54) is 6.42 Å². The average Bonchev–Trinajstić information content (AvgIpc) is 2.34. The molecule has 0 aliphatic carbocycles. The van der Waals surface area contributed by atoms with Gasteiger partial charge in [-0.3, -0.25) is 9.79 Å². The first-order valence-corrected chi connectivity index (χ1v) is 6.91. The molecule has 0 saturated carbocycles. The quantitative estimate of drug-likeness (QED) is 0.328. The number of carbonyl (C=O) groups is 1. The summed E-state index contributed by atoms with van der Waals surface area (Å²) in [5.41, 5.74) is 5.27. The fourth-order valence-electron chi connectivity index (χ4n) is 2.42. The van der Waals surface area contributed by atoms with Gasteiger partial charge < -0.3 is 16.0 Å². The maximum atomic E-state index is 11.0. The Balaban J connectivity index is 0.00000324. The SMILES string of the molecule is CCCCNC(=NC)N1CCCC(CC(N)=O)C1.I. The van der Waals surface area contributed by atoms with Gasteiger partial charge in [-0.2, -0.15) is 0 Å². The highest BCUT2D eigenvalue weighted by atomic mass is 127. The molecule has 1 amide bonds. The first-order chi connectivity index (χ1) is 8.67. The lowest BCUT2D eigenvalue weighted by Gasteiger charge is -2.34. The summed E-state index contributed by atoms with van der Waals surface area (Å²) in [6, 6.07) is 0. The lowest BCUT2D eigenvalue weighted by Crippen LogP contribution is -2.47.